The lowest BCUT2D eigenvalue weighted by Gasteiger charge is -2.09. The molecule has 0 aromatic heterocycles. The van der Waals surface area contributed by atoms with Crippen molar-refractivity contribution >= 4 is 28.1 Å². The summed E-state index contributed by atoms with van der Waals surface area (Å²) in [5, 5.41) is 20.8. The van der Waals surface area contributed by atoms with Crippen LogP contribution >= 0.6 is 11.6 Å². The van der Waals surface area contributed by atoms with Crippen molar-refractivity contribution in [2.24, 2.45) is 0 Å². The Kier molecular flexibility index (Phi) is 4.25. The van der Waals surface area contributed by atoms with E-state index in [1.165, 1.54) is 12.1 Å². The molecule has 0 aliphatic carbocycles. The van der Waals surface area contributed by atoms with Crippen LogP contribution in [0.3, 0.4) is 0 Å². The minimum Gasteiger partial charge on any atom is -0.384 e. The van der Waals surface area contributed by atoms with E-state index < -0.39 is 4.92 Å². The molecule has 0 unspecified atom stereocenters. The van der Waals surface area contributed by atoms with Gasteiger partial charge in [-0.2, -0.15) is 0 Å². The van der Waals surface area contributed by atoms with E-state index in [4.69, 9.17) is 17.0 Å². The molecule has 5 nitrogen and oxygen atoms in total. The fourth-order valence-electron chi connectivity index (χ4n) is 1.24. The van der Waals surface area contributed by atoms with Gasteiger partial charge in [0, 0.05) is 29.9 Å². The first kappa shape index (κ1) is 12.4. The second-order valence-corrected chi connectivity index (χ2v) is 3.61. The van der Waals surface area contributed by atoms with Crippen LogP contribution in [-0.2, 0) is 0 Å². The molecule has 0 saturated carbocycles. The number of hydrogen-bond acceptors (Lipinski definition) is 4. The van der Waals surface area contributed by atoms with Crippen molar-refractivity contribution in [3.63, 3.8) is 0 Å². The molecule has 0 aliphatic heterocycles. The van der Waals surface area contributed by atoms with E-state index in [-0.39, 0.29) is 10.9 Å². The zero-order valence-corrected chi connectivity index (χ0v) is 9.54. The van der Waals surface area contributed by atoms with Crippen LogP contribution in [0.25, 0.3) is 0 Å². The van der Waals surface area contributed by atoms with Crippen LogP contribution in [-0.4, -0.2) is 16.6 Å². The molecule has 0 aliphatic rings. The van der Waals surface area contributed by atoms with Gasteiger partial charge in [-0.25, -0.2) is 0 Å². The molecule has 0 saturated heterocycles. The molecule has 0 amide bonds. The number of nitro benzene ring substituents is 1. The Morgan fingerprint density at radius 2 is 2.31 bits per heavy atom. The first-order chi connectivity index (χ1) is 7.56. The molecular weight excluding hydrogens is 230 g/mol. The molecule has 0 bridgehead atoms. The van der Waals surface area contributed by atoms with Gasteiger partial charge in [-0.15, -0.1) is 0 Å². The van der Waals surface area contributed by atoms with E-state index in [1.54, 1.807) is 6.07 Å². The van der Waals surface area contributed by atoms with Crippen LogP contribution < -0.4 is 5.32 Å². The Hall–Kier alpha value is -1.62. The Balaban J connectivity index is 3.09. The van der Waals surface area contributed by atoms with E-state index in [1.807, 2.05) is 6.92 Å². The van der Waals surface area contributed by atoms with Crippen molar-refractivity contribution in [3.8, 4) is 0 Å². The Bertz CT molecular complexity index is 421. The fourth-order valence-corrected chi connectivity index (χ4v) is 1.40. The largest absolute Gasteiger partial charge is 0.384 e. The summed E-state index contributed by atoms with van der Waals surface area (Å²) in [5.74, 6) is 0. The highest BCUT2D eigenvalue weighted by Crippen LogP contribution is 2.23. The number of nitrogens with zero attached hydrogens (tertiary/aromatic N) is 1. The Labute approximate surface area is 98.1 Å². The number of benzene rings is 1. The SMILES string of the molecule is CCCNc1ccc([N+](=O)[O-])cc1C(=N)Cl. The summed E-state index contributed by atoms with van der Waals surface area (Å²) < 4.78 is 0. The molecule has 2 N–H and O–H groups in total. The minimum atomic E-state index is -0.507. The zero-order valence-electron chi connectivity index (χ0n) is 8.79. The summed E-state index contributed by atoms with van der Waals surface area (Å²) in [6.07, 6.45) is 0.923. The molecule has 0 spiro atoms. The molecule has 0 fully saturated rings. The summed E-state index contributed by atoms with van der Waals surface area (Å²) in [4.78, 5) is 10.1. The molecule has 1 aromatic carbocycles. The number of rotatable bonds is 5. The molecule has 0 heterocycles. The summed E-state index contributed by atoms with van der Waals surface area (Å²) in [7, 11) is 0. The van der Waals surface area contributed by atoms with Crippen LogP contribution in [0.1, 0.15) is 18.9 Å². The van der Waals surface area contributed by atoms with Crippen molar-refractivity contribution < 1.29 is 4.92 Å². The summed E-state index contributed by atoms with van der Waals surface area (Å²) >= 11 is 5.58. The molecule has 0 atom stereocenters. The van der Waals surface area contributed by atoms with Crippen molar-refractivity contribution in [2.75, 3.05) is 11.9 Å². The number of halogens is 1. The van der Waals surface area contributed by atoms with Gasteiger partial charge in [-0.1, -0.05) is 18.5 Å². The topological polar surface area (TPSA) is 79.0 Å². The monoisotopic (exact) mass is 241 g/mol. The first-order valence-corrected chi connectivity index (χ1v) is 5.20. The lowest BCUT2D eigenvalue weighted by Crippen LogP contribution is -2.05. The van der Waals surface area contributed by atoms with E-state index >= 15 is 0 Å². The summed E-state index contributed by atoms with van der Waals surface area (Å²) in [6.45, 7) is 2.74. The van der Waals surface area contributed by atoms with E-state index in [0.29, 0.717) is 11.3 Å². The molecule has 1 rings (SSSR count). The van der Waals surface area contributed by atoms with Gasteiger partial charge in [0.25, 0.3) is 5.69 Å². The van der Waals surface area contributed by atoms with Gasteiger partial charge < -0.3 is 5.32 Å². The van der Waals surface area contributed by atoms with Crippen LogP contribution in [0, 0.1) is 15.5 Å². The molecule has 1 aromatic rings. The normalized spacial score (nSPS) is 9.88. The van der Waals surface area contributed by atoms with Gasteiger partial charge in [0.05, 0.1) is 4.92 Å². The predicted octanol–water partition coefficient (Wildman–Crippen LogP) is 2.98. The molecule has 0 radical (unpaired) electrons. The smallest absolute Gasteiger partial charge is 0.270 e. The third-order valence-electron chi connectivity index (χ3n) is 2.02. The number of hydrogen-bond donors (Lipinski definition) is 2. The van der Waals surface area contributed by atoms with Gasteiger partial charge in [0.15, 0.2) is 0 Å². The standard InChI is InChI=1S/C10H12ClN3O2/c1-2-5-13-9-4-3-7(14(15)16)6-8(9)10(11)12/h3-4,6,12-13H,2,5H2,1H3. The number of anilines is 1. The van der Waals surface area contributed by atoms with Crippen molar-refractivity contribution in [1.82, 2.24) is 0 Å². The number of non-ortho nitro benzene ring substituents is 1. The third-order valence-corrected chi connectivity index (χ3v) is 2.22. The Morgan fingerprint density at radius 3 is 2.81 bits per heavy atom. The lowest BCUT2D eigenvalue weighted by molar-refractivity contribution is -0.384. The number of nitrogens with one attached hydrogen (secondary N) is 2. The van der Waals surface area contributed by atoms with Gasteiger partial charge in [0.2, 0.25) is 0 Å². The quantitative estimate of drug-likeness (QED) is 0.473. The highest BCUT2D eigenvalue weighted by molar-refractivity contribution is 6.69. The highest BCUT2D eigenvalue weighted by Gasteiger charge is 2.12. The fraction of sp³-hybridized carbons (Fsp3) is 0.300. The zero-order chi connectivity index (χ0) is 12.1. The van der Waals surface area contributed by atoms with E-state index in [9.17, 15) is 10.1 Å². The van der Waals surface area contributed by atoms with Gasteiger partial charge >= 0.3 is 0 Å². The van der Waals surface area contributed by atoms with Gasteiger partial charge in [-0.3, -0.25) is 15.5 Å². The molecule has 86 valence electrons. The van der Waals surface area contributed by atoms with Crippen molar-refractivity contribution in [1.29, 1.82) is 5.41 Å². The van der Waals surface area contributed by atoms with E-state index in [0.717, 1.165) is 13.0 Å². The number of nitro groups is 1. The van der Waals surface area contributed by atoms with Crippen LogP contribution in [0.5, 0.6) is 0 Å². The lowest BCUT2D eigenvalue weighted by atomic mass is 10.1. The molecular formula is C10H12ClN3O2. The maximum Gasteiger partial charge on any atom is 0.270 e. The maximum absolute atomic E-state index is 10.6. The average Bonchev–Trinajstić information content (AvgIpc) is 2.25. The van der Waals surface area contributed by atoms with Crippen LogP contribution in [0.2, 0.25) is 0 Å². The second kappa shape index (κ2) is 5.46. The first-order valence-electron chi connectivity index (χ1n) is 4.83. The van der Waals surface area contributed by atoms with Gasteiger partial charge in [-0.05, 0) is 12.5 Å². The summed E-state index contributed by atoms with van der Waals surface area (Å²) in [6, 6.07) is 4.26. The van der Waals surface area contributed by atoms with E-state index in [2.05, 4.69) is 5.32 Å². The maximum atomic E-state index is 10.6. The summed E-state index contributed by atoms with van der Waals surface area (Å²) in [5.41, 5.74) is 0.930. The van der Waals surface area contributed by atoms with Gasteiger partial charge in [0.1, 0.15) is 5.17 Å². The van der Waals surface area contributed by atoms with Crippen molar-refractivity contribution in [2.45, 2.75) is 13.3 Å². The second-order valence-electron chi connectivity index (χ2n) is 3.23. The van der Waals surface area contributed by atoms with Crippen molar-refractivity contribution in [3.05, 3.63) is 33.9 Å². The van der Waals surface area contributed by atoms with Crippen LogP contribution in [0.4, 0.5) is 11.4 Å². The Morgan fingerprint density at radius 1 is 1.62 bits per heavy atom. The average molecular weight is 242 g/mol. The van der Waals surface area contributed by atoms with Crippen LogP contribution in [0.15, 0.2) is 18.2 Å². The highest BCUT2D eigenvalue weighted by atomic mass is 35.5. The molecule has 16 heavy (non-hydrogen) atoms. The predicted molar refractivity (Wildman–Crippen MR) is 64.6 cm³/mol. The minimum absolute atomic E-state index is 0.0672. The third kappa shape index (κ3) is 2.93. The molecule has 6 heteroatoms.